The van der Waals surface area contributed by atoms with Gasteiger partial charge in [0, 0.05) is 18.1 Å². The van der Waals surface area contributed by atoms with E-state index in [1.165, 1.54) is 42.5 Å². The van der Waals surface area contributed by atoms with E-state index in [0.29, 0.717) is 10.6 Å². The molecule has 0 atom stereocenters. The first kappa shape index (κ1) is 20.4. The van der Waals surface area contributed by atoms with Gasteiger partial charge in [-0.15, -0.1) is 0 Å². The number of benzene rings is 2. The van der Waals surface area contributed by atoms with E-state index in [9.17, 15) is 18.8 Å². The number of hydrogen-bond acceptors (Lipinski definition) is 4. The molecule has 1 aliphatic heterocycles. The average molecular weight is 439 g/mol. The Morgan fingerprint density at radius 1 is 1.14 bits per heavy atom. The Kier molecular flexibility index (Phi) is 6.39. The van der Waals surface area contributed by atoms with Gasteiger partial charge in [-0.2, -0.15) is 0 Å². The highest BCUT2D eigenvalue weighted by molar-refractivity contribution is 8.18. The Labute approximate surface area is 174 Å². The van der Waals surface area contributed by atoms with Gasteiger partial charge < -0.3 is 5.32 Å². The maximum Gasteiger partial charge on any atom is 0.293 e. The van der Waals surface area contributed by atoms with E-state index < -0.39 is 17.1 Å². The zero-order chi connectivity index (χ0) is 20.3. The van der Waals surface area contributed by atoms with Crippen LogP contribution in [0.4, 0.5) is 9.18 Å². The minimum atomic E-state index is -0.460. The van der Waals surface area contributed by atoms with Gasteiger partial charge in [-0.1, -0.05) is 35.3 Å². The number of rotatable bonds is 5. The number of amides is 3. The number of nitrogens with zero attached hydrogens (tertiary/aromatic N) is 1. The molecule has 3 amide bonds. The molecule has 28 heavy (non-hydrogen) atoms. The highest BCUT2D eigenvalue weighted by Crippen LogP contribution is 2.32. The molecule has 1 heterocycles. The van der Waals surface area contributed by atoms with Gasteiger partial charge >= 0.3 is 0 Å². The molecule has 144 valence electrons. The summed E-state index contributed by atoms with van der Waals surface area (Å²) in [5, 5.41) is 2.80. The number of thioether (sulfide) groups is 1. The zero-order valence-electron chi connectivity index (χ0n) is 14.2. The van der Waals surface area contributed by atoms with Gasteiger partial charge in [-0.3, -0.25) is 19.3 Å². The van der Waals surface area contributed by atoms with E-state index in [0.717, 1.165) is 16.7 Å². The number of hydrogen-bond donors (Lipinski definition) is 1. The number of imide groups is 1. The average Bonchev–Trinajstić information content (AvgIpc) is 2.91. The standard InChI is InChI=1S/C19H13Cl2FN2O3S/c20-12-3-6-14(15(21)10-12)17(25)23-7-8-24-18(26)16(28-19(24)27)9-11-1-4-13(22)5-2-11/h1-6,9-10H,7-8H2,(H,23,25). The quantitative estimate of drug-likeness (QED) is 0.692. The first-order valence-electron chi connectivity index (χ1n) is 8.09. The third kappa shape index (κ3) is 4.73. The fraction of sp³-hybridized carbons (Fsp3) is 0.105. The van der Waals surface area contributed by atoms with Crippen LogP contribution in [0, 0.1) is 5.82 Å². The molecule has 2 aromatic carbocycles. The maximum absolute atomic E-state index is 13.0. The van der Waals surface area contributed by atoms with Crippen LogP contribution in [0.15, 0.2) is 47.4 Å². The summed E-state index contributed by atoms with van der Waals surface area (Å²) in [7, 11) is 0. The van der Waals surface area contributed by atoms with Crippen LogP contribution >= 0.6 is 35.0 Å². The summed E-state index contributed by atoms with van der Waals surface area (Å²) in [6.07, 6.45) is 1.52. The monoisotopic (exact) mass is 438 g/mol. The highest BCUT2D eigenvalue weighted by atomic mass is 35.5. The Bertz CT molecular complexity index is 980. The Morgan fingerprint density at radius 2 is 1.86 bits per heavy atom. The number of carbonyl (C=O) groups is 3. The molecule has 1 N–H and O–H groups in total. The molecule has 9 heteroatoms. The normalized spacial score (nSPS) is 15.4. The van der Waals surface area contributed by atoms with Gasteiger partial charge in [0.25, 0.3) is 17.1 Å². The lowest BCUT2D eigenvalue weighted by Crippen LogP contribution is -2.37. The second-order valence-corrected chi connectivity index (χ2v) is 7.60. The first-order chi connectivity index (χ1) is 13.3. The summed E-state index contributed by atoms with van der Waals surface area (Å²) in [6.45, 7) is 0.0853. The molecule has 0 unspecified atom stereocenters. The molecule has 1 saturated heterocycles. The summed E-state index contributed by atoms with van der Waals surface area (Å²) in [6, 6.07) is 10.1. The van der Waals surface area contributed by atoms with Gasteiger partial charge in [0.05, 0.1) is 15.5 Å². The molecule has 0 bridgehead atoms. The smallest absolute Gasteiger partial charge is 0.293 e. The third-order valence-electron chi connectivity index (χ3n) is 3.84. The van der Waals surface area contributed by atoms with Crippen LogP contribution in [0.5, 0.6) is 0 Å². The molecule has 2 aromatic rings. The molecule has 0 spiro atoms. The lowest BCUT2D eigenvalue weighted by Gasteiger charge is -2.13. The van der Waals surface area contributed by atoms with Gasteiger partial charge in [0.1, 0.15) is 5.82 Å². The van der Waals surface area contributed by atoms with Crippen molar-refractivity contribution in [2.45, 2.75) is 0 Å². The van der Waals surface area contributed by atoms with Gasteiger partial charge in [0.15, 0.2) is 0 Å². The minimum Gasteiger partial charge on any atom is -0.350 e. The van der Waals surface area contributed by atoms with E-state index in [-0.39, 0.29) is 34.4 Å². The summed E-state index contributed by atoms with van der Waals surface area (Å²) >= 11 is 12.6. The number of nitrogens with one attached hydrogen (secondary N) is 1. The van der Waals surface area contributed by atoms with Crippen molar-refractivity contribution in [1.82, 2.24) is 10.2 Å². The molecule has 3 rings (SSSR count). The van der Waals surface area contributed by atoms with Crippen molar-refractivity contribution >= 4 is 58.1 Å². The number of carbonyl (C=O) groups excluding carboxylic acids is 3. The van der Waals surface area contributed by atoms with Gasteiger partial charge in [0.2, 0.25) is 0 Å². The van der Waals surface area contributed by atoms with Crippen LogP contribution < -0.4 is 5.32 Å². The molecule has 0 aliphatic carbocycles. The molecule has 1 aliphatic rings. The Hall–Kier alpha value is -2.35. The third-order valence-corrected chi connectivity index (χ3v) is 5.29. The summed E-state index contributed by atoms with van der Waals surface area (Å²) < 4.78 is 13.0. The van der Waals surface area contributed by atoms with E-state index in [1.807, 2.05) is 0 Å². The van der Waals surface area contributed by atoms with E-state index >= 15 is 0 Å². The molecule has 0 radical (unpaired) electrons. The van der Waals surface area contributed by atoms with Crippen molar-refractivity contribution in [3.63, 3.8) is 0 Å². The molecular formula is C19H13Cl2FN2O3S. The summed E-state index contributed by atoms with van der Waals surface area (Å²) in [4.78, 5) is 38.0. The topological polar surface area (TPSA) is 66.5 Å². The van der Waals surface area contributed by atoms with Crippen molar-refractivity contribution in [1.29, 1.82) is 0 Å². The summed E-state index contributed by atoms with van der Waals surface area (Å²) in [5.74, 6) is -1.28. The van der Waals surface area contributed by atoms with Gasteiger partial charge in [-0.05, 0) is 53.7 Å². The Balaban J connectivity index is 1.60. The molecule has 1 fully saturated rings. The summed E-state index contributed by atoms with van der Waals surface area (Å²) in [5.41, 5.74) is 0.856. The predicted molar refractivity (Wildman–Crippen MR) is 108 cm³/mol. The second-order valence-electron chi connectivity index (χ2n) is 5.76. The van der Waals surface area contributed by atoms with E-state index in [4.69, 9.17) is 23.2 Å². The van der Waals surface area contributed by atoms with Crippen LogP contribution in [0.1, 0.15) is 15.9 Å². The minimum absolute atomic E-state index is 0.0162. The van der Waals surface area contributed by atoms with Crippen molar-refractivity contribution in [2.75, 3.05) is 13.1 Å². The highest BCUT2D eigenvalue weighted by Gasteiger charge is 2.34. The fourth-order valence-electron chi connectivity index (χ4n) is 2.45. The van der Waals surface area contributed by atoms with Crippen LogP contribution in [0.2, 0.25) is 10.0 Å². The van der Waals surface area contributed by atoms with Crippen molar-refractivity contribution in [2.24, 2.45) is 0 Å². The lowest BCUT2D eigenvalue weighted by atomic mass is 10.2. The first-order valence-corrected chi connectivity index (χ1v) is 9.66. The van der Waals surface area contributed by atoms with Crippen LogP contribution in [0.25, 0.3) is 6.08 Å². The largest absolute Gasteiger partial charge is 0.350 e. The van der Waals surface area contributed by atoms with Crippen LogP contribution in [0.3, 0.4) is 0 Å². The van der Waals surface area contributed by atoms with Crippen molar-refractivity contribution in [3.8, 4) is 0 Å². The van der Waals surface area contributed by atoms with Crippen LogP contribution in [-0.2, 0) is 4.79 Å². The Morgan fingerprint density at radius 3 is 2.54 bits per heavy atom. The number of halogens is 3. The molecular weight excluding hydrogens is 426 g/mol. The zero-order valence-corrected chi connectivity index (χ0v) is 16.6. The predicted octanol–water partition coefficient (Wildman–Crippen LogP) is 4.60. The van der Waals surface area contributed by atoms with E-state index in [1.54, 1.807) is 6.07 Å². The van der Waals surface area contributed by atoms with Gasteiger partial charge in [-0.25, -0.2) is 4.39 Å². The van der Waals surface area contributed by atoms with E-state index in [2.05, 4.69) is 5.32 Å². The molecule has 0 saturated carbocycles. The van der Waals surface area contributed by atoms with Crippen molar-refractivity contribution in [3.05, 3.63) is 74.4 Å². The fourth-order valence-corrected chi connectivity index (χ4v) is 3.81. The lowest BCUT2D eigenvalue weighted by molar-refractivity contribution is -0.122. The molecule has 5 nitrogen and oxygen atoms in total. The second kappa shape index (κ2) is 8.77. The van der Waals surface area contributed by atoms with Crippen molar-refractivity contribution < 1.29 is 18.8 Å². The maximum atomic E-state index is 13.0. The SMILES string of the molecule is O=C(NCCN1C(=O)SC(=Cc2ccc(F)cc2)C1=O)c1ccc(Cl)cc1Cl. The molecule has 0 aromatic heterocycles. The van der Waals surface area contributed by atoms with Crippen LogP contribution in [-0.4, -0.2) is 35.0 Å².